The minimum atomic E-state index is -1.25. The molecule has 1 unspecified atom stereocenters. The Bertz CT molecular complexity index is 1130. The van der Waals surface area contributed by atoms with Gasteiger partial charge in [0.15, 0.2) is 6.04 Å². The van der Waals surface area contributed by atoms with E-state index < -0.39 is 35.5 Å². The molecule has 1 saturated heterocycles. The van der Waals surface area contributed by atoms with E-state index in [1.807, 2.05) is 36.4 Å². The molecule has 1 atom stereocenters. The molecule has 9 nitrogen and oxygen atoms in total. The van der Waals surface area contributed by atoms with Crippen LogP contribution in [0.25, 0.3) is 11.1 Å². The molecule has 0 radical (unpaired) electrons. The molecule has 0 bridgehead atoms. The summed E-state index contributed by atoms with van der Waals surface area (Å²) in [7, 11) is 0. The minimum absolute atomic E-state index is 0.0757. The van der Waals surface area contributed by atoms with E-state index in [1.165, 1.54) is 0 Å². The van der Waals surface area contributed by atoms with Crippen molar-refractivity contribution < 1.29 is 29.0 Å². The molecule has 1 saturated carbocycles. The van der Waals surface area contributed by atoms with Crippen LogP contribution < -0.4 is 10.7 Å². The molecule has 3 N–H and O–H groups in total. The zero-order valence-electron chi connectivity index (χ0n) is 18.5. The molecule has 3 aliphatic rings. The second kappa shape index (κ2) is 8.48. The van der Waals surface area contributed by atoms with Crippen molar-refractivity contribution in [1.29, 1.82) is 0 Å². The van der Waals surface area contributed by atoms with Crippen molar-refractivity contribution in [2.45, 2.75) is 49.6 Å². The summed E-state index contributed by atoms with van der Waals surface area (Å²) in [4.78, 5) is 48.6. The van der Waals surface area contributed by atoms with Gasteiger partial charge in [-0.3, -0.25) is 15.0 Å². The van der Waals surface area contributed by atoms with Gasteiger partial charge in [-0.05, 0) is 41.5 Å². The largest absolute Gasteiger partial charge is 0.480 e. The van der Waals surface area contributed by atoms with Gasteiger partial charge in [0.2, 0.25) is 11.8 Å². The fourth-order valence-corrected chi connectivity index (χ4v) is 5.13. The Labute approximate surface area is 196 Å². The SMILES string of the molecule is O=C1CC(C(=O)O)N(C(=O)CC2(NC(=O)OCC3c4ccccc4-c4ccccc43)CCC2)N1. The maximum Gasteiger partial charge on any atom is 0.407 e. The molecule has 176 valence electrons. The first-order valence-electron chi connectivity index (χ1n) is 11.3. The van der Waals surface area contributed by atoms with Crippen molar-refractivity contribution in [2.24, 2.45) is 0 Å². The van der Waals surface area contributed by atoms with Crippen LogP contribution in [0.2, 0.25) is 0 Å². The number of rotatable bonds is 6. The van der Waals surface area contributed by atoms with Gasteiger partial charge >= 0.3 is 12.1 Å². The number of fused-ring (bicyclic) bond motifs is 3. The Balaban J connectivity index is 1.23. The quantitative estimate of drug-likeness (QED) is 0.605. The summed E-state index contributed by atoms with van der Waals surface area (Å²) in [5.74, 6) is -2.39. The Morgan fingerprint density at radius 1 is 1.06 bits per heavy atom. The van der Waals surface area contributed by atoms with Crippen molar-refractivity contribution in [3.05, 3.63) is 59.7 Å². The summed E-state index contributed by atoms with van der Waals surface area (Å²) in [5.41, 5.74) is 5.98. The van der Waals surface area contributed by atoms with Crippen LogP contribution in [0.1, 0.15) is 49.1 Å². The molecular weight excluding hydrogens is 438 g/mol. The predicted molar refractivity (Wildman–Crippen MR) is 120 cm³/mol. The molecule has 3 amide bonds. The first-order valence-corrected chi connectivity index (χ1v) is 11.3. The van der Waals surface area contributed by atoms with E-state index >= 15 is 0 Å². The molecule has 2 fully saturated rings. The average Bonchev–Trinajstić information content (AvgIpc) is 3.35. The molecular formula is C25H25N3O6. The molecule has 0 spiro atoms. The number of ether oxygens (including phenoxy) is 1. The van der Waals surface area contributed by atoms with Crippen LogP contribution in [-0.2, 0) is 19.1 Å². The number of nitrogens with zero attached hydrogens (tertiary/aromatic N) is 1. The summed E-state index contributed by atoms with van der Waals surface area (Å²) in [6.45, 7) is 0.160. The van der Waals surface area contributed by atoms with E-state index in [2.05, 4.69) is 22.9 Å². The van der Waals surface area contributed by atoms with E-state index in [0.29, 0.717) is 12.8 Å². The van der Waals surface area contributed by atoms with E-state index in [0.717, 1.165) is 33.7 Å². The van der Waals surface area contributed by atoms with E-state index in [-0.39, 0.29) is 25.4 Å². The number of amides is 3. The molecule has 2 aromatic rings. The smallest absolute Gasteiger partial charge is 0.407 e. The van der Waals surface area contributed by atoms with Crippen molar-refractivity contribution in [3.8, 4) is 11.1 Å². The Morgan fingerprint density at radius 2 is 1.68 bits per heavy atom. The molecule has 0 aromatic heterocycles. The van der Waals surface area contributed by atoms with Crippen LogP contribution in [0.3, 0.4) is 0 Å². The molecule has 5 rings (SSSR count). The van der Waals surface area contributed by atoms with Crippen LogP contribution >= 0.6 is 0 Å². The van der Waals surface area contributed by atoms with Gasteiger partial charge in [0, 0.05) is 5.92 Å². The maximum absolute atomic E-state index is 12.8. The average molecular weight is 463 g/mol. The summed E-state index contributed by atoms with van der Waals surface area (Å²) < 4.78 is 5.62. The number of aliphatic carboxylic acids is 1. The second-order valence-electron chi connectivity index (χ2n) is 9.12. The van der Waals surface area contributed by atoms with Crippen molar-refractivity contribution in [3.63, 3.8) is 0 Å². The van der Waals surface area contributed by atoms with Crippen molar-refractivity contribution in [2.75, 3.05) is 6.61 Å². The number of benzene rings is 2. The summed E-state index contributed by atoms with van der Waals surface area (Å²) >= 11 is 0. The number of carboxylic acid groups (broad SMARTS) is 1. The van der Waals surface area contributed by atoms with E-state index in [4.69, 9.17) is 4.74 Å². The van der Waals surface area contributed by atoms with Crippen molar-refractivity contribution in [1.82, 2.24) is 15.8 Å². The molecule has 1 heterocycles. The lowest BCUT2D eigenvalue weighted by molar-refractivity contribution is -0.151. The normalized spacial score (nSPS) is 20.1. The number of hydrazine groups is 1. The van der Waals surface area contributed by atoms with Gasteiger partial charge in [-0.15, -0.1) is 0 Å². The topological polar surface area (TPSA) is 125 Å². The zero-order chi connectivity index (χ0) is 23.9. The Hall–Kier alpha value is -3.88. The summed E-state index contributed by atoms with van der Waals surface area (Å²) in [5, 5.41) is 13.0. The van der Waals surface area contributed by atoms with Crippen molar-refractivity contribution >= 4 is 23.9 Å². The summed E-state index contributed by atoms with van der Waals surface area (Å²) in [6.07, 6.45) is 0.959. The number of hydrogen-bond acceptors (Lipinski definition) is 5. The molecule has 2 aliphatic carbocycles. The lowest BCUT2D eigenvalue weighted by Gasteiger charge is -2.42. The van der Waals surface area contributed by atoms with Crippen LogP contribution in [0, 0.1) is 0 Å². The van der Waals surface area contributed by atoms with E-state index in [9.17, 15) is 24.3 Å². The number of nitrogens with one attached hydrogen (secondary N) is 2. The molecule has 2 aromatic carbocycles. The third-order valence-corrected chi connectivity index (χ3v) is 7.00. The van der Waals surface area contributed by atoms with Gasteiger partial charge in [-0.2, -0.15) is 0 Å². The highest BCUT2D eigenvalue weighted by Crippen LogP contribution is 2.44. The monoisotopic (exact) mass is 463 g/mol. The number of alkyl carbamates (subject to hydrolysis) is 1. The first-order chi connectivity index (χ1) is 16.4. The third kappa shape index (κ3) is 3.87. The first kappa shape index (κ1) is 21.9. The number of carbonyl (C=O) groups excluding carboxylic acids is 3. The van der Waals surface area contributed by atoms with Crippen LogP contribution in [0.5, 0.6) is 0 Å². The Kier molecular flexibility index (Phi) is 5.47. The second-order valence-corrected chi connectivity index (χ2v) is 9.12. The maximum atomic E-state index is 12.8. The molecule has 9 heteroatoms. The van der Waals surface area contributed by atoms with Crippen LogP contribution in [0.4, 0.5) is 4.79 Å². The highest BCUT2D eigenvalue weighted by molar-refractivity contribution is 5.94. The number of hydrogen-bond donors (Lipinski definition) is 3. The van der Waals surface area contributed by atoms with Gasteiger partial charge < -0.3 is 15.2 Å². The molecule has 1 aliphatic heterocycles. The minimum Gasteiger partial charge on any atom is -0.480 e. The van der Waals surface area contributed by atoms with Gasteiger partial charge in [0.25, 0.3) is 0 Å². The third-order valence-electron chi connectivity index (χ3n) is 7.00. The van der Waals surface area contributed by atoms with Gasteiger partial charge in [0.1, 0.15) is 6.61 Å². The number of carbonyl (C=O) groups is 4. The standard InChI is InChI=1S/C25H25N3O6/c29-21-12-20(23(31)32)28(27-21)22(30)13-25(10-5-11-25)26-24(33)34-14-19-17-8-3-1-6-15(17)16-7-2-4-9-18(16)19/h1-4,6-9,19-20H,5,10-14H2,(H,26,33)(H,27,29)(H,31,32). The highest BCUT2D eigenvalue weighted by Gasteiger charge is 2.46. The van der Waals surface area contributed by atoms with Gasteiger partial charge in [-0.25, -0.2) is 14.6 Å². The lowest BCUT2D eigenvalue weighted by Crippen LogP contribution is -2.58. The lowest BCUT2D eigenvalue weighted by atomic mass is 9.74. The fraction of sp³-hybridized carbons (Fsp3) is 0.360. The van der Waals surface area contributed by atoms with Gasteiger partial charge in [-0.1, -0.05) is 48.5 Å². The zero-order valence-corrected chi connectivity index (χ0v) is 18.5. The summed E-state index contributed by atoms with van der Waals surface area (Å²) in [6, 6.07) is 14.9. The van der Waals surface area contributed by atoms with Crippen LogP contribution in [0.15, 0.2) is 48.5 Å². The predicted octanol–water partition coefficient (Wildman–Crippen LogP) is 2.55. The fourth-order valence-electron chi connectivity index (χ4n) is 5.13. The van der Waals surface area contributed by atoms with E-state index in [1.54, 1.807) is 0 Å². The van der Waals surface area contributed by atoms with Gasteiger partial charge in [0.05, 0.1) is 18.4 Å². The number of carboxylic acids is 1. The Morgan fingerprint density at radius 3 is 2.24 bits per heavy atom. The molecule has 34 heavy (non-hydrogen) atoms. The highest BCUT2D eigenvalue weighted by atomic mass is 16.5. The van der Waals surface area contributed by atoms with Crippen LogP contribution in [-0.4, -0.2) is 52.2 Å².